The molecule has 2 nitrogen and oxygen atoms in total. The van der Waals surface area contributed by atoms with E-state index >= 15 is 0 Å². The van der Waals surface area contributed by atoms with E-state index in [4.69, 9.17) is 22.1 Å². The number of hydrogen-bond donors (Lipinski definition) is 1. The number of benzene rings is 1. The molecular weight excluding hydrogens is 265 g/mol. The van der Waals surface area contributed by atoms with Gasteiger partial charge in [-0.3, -0.25) is 0 Å². The molecule has 0 aliphatic carbocycles. The van der Waals surface area contributed by atoms with Crippen molar-refractivity contribution in [2.75, 3.05) is 6.61 Å². The third-order valence-electron chi connectivity index (χ3n) is 3.62. The fourth-order valence-corrected chi connectivity index (χ4v) is 2.71. The summed E-state index contributed by atoms with van der Waals surface area (Å²) in [7, 11) is 0. The van der Waals surface area contributed by atoms with Crippen LogP contribution in [-0.4, -0.2) is 18.8 Å². The molecule has 2 unspecified atom stereocenters. The molecular formula is C15H21ClFNO. The zero-order valence-electron chi connectivity index (χ0n) is 11.1. The van der Waals surface area contributed by atoms with Crippen LogP contribution >= 0.6 is 11.6 Å². The Morgan fingerprint density at radius 1 is 1.42 bits per heavy atom. The molecule has 106 valence electrons. The first-order valence-electron chi connectivity index (χ1n) is 6.96. The minimum atomic E-state index is -0.262. The molecule has 0 radical (unpaired) electrons. The van der Waals surface area contributed by atoms with Gasteiger partial charge in [0, 0.05) is 17.7 Å². The van der Waals surface area contributed by atoms with E-state index in [9.17, 15) is 4.39 Å². The Labute approximate surface area is 119 Å². The van der Waals surface area contributed by atoms with E-state index in [0.717, 1.165) is 31.4 Å². The normalized spacial score (nSPS) is 21.3. The van der Waals surface area contributed by atoms with Crippen molar-refractivity contribution in [1.29, 1.82) is 0 Å². The molecule has 0 amide bonds. The van der Waals surface area contributed by atoms with E-state index in [1.54, 1.807) is 6.07 Å². The summed E-state index contributed by atoms with van der Waals surface area (Å²) in [5.41, 5.74) is 6.90. The Bertz CT molecular complexity index is 407. The van der Waals surface area contributed by atoms with Crippen LogP contribution in [0.15, 0.2) is 18.2 Å². The topological polar surface area (TPSA) is 35.2 Å². The summed E-state index contributed by atoms with van der Waals surface area (Å²) in [5.74, 6) is -0.262. The number of nitrogens with two attached hydrogens (primary N) is 1. The highest BCUT2D eigenvalue weighted by molar-refractivity contribution is 6.31. The van der Waals surface area contributed by atoms with E-state index < -0.39 is 0 Å². The SMILES string of the molecule is NC(CCC1CCCCO1)Cc1cc(F)ccc1Cl. The van der Waals surface area contributed by atoms with Gasteiger partial charge in [0.05, 0.1) is 6.10 Å². The van der Waals surface area contributed by atoms with E-state index in [1.807, 2.05) is 0 Å². The first-order chi connectivity index (χ1) is 9.15. The summed E-state index contributed by atoms with van der Waals surface area (Å²) < 4.78 is 18.8. The molecule has 1 fully saturated rings. The third-order valence-corrected chi connectivity index (χ3v) is 3.99. The zero-order valence-corrected chi connectivity index (χ0v) is 11.8. The van der Waals surface area contributed by atoms with Crippen LogP contribution in [0.1, 0.15) is 37.7 Å². The zero-order chi connectivity index (χ0) is 13.7. The lowest BCUT2D eigenvalue weighted by Gasteiger charge is -2.23. The lowest BCUT2D eigenvalue weighted by molar-refractivity contribution is 0.00915. The first-order valence-corrected chi connectivity index (χ1v) is 7.34. The average molecular weight is 286 g/mol. The number of halogens is 2. The summed E-state index contributed by atoms with van der Waals surface area (Å²) in [6.07, 6.45) is 6.38. The van der Waals surface area contributed by atoms with Gasteiger partial charge in [-0.15, -0.1) is 0 Å². The molecule has 2 rings (SSSR count). The van der Waals surface area contributed by atoms with E-state index in [1.165, 1.54) is 25.0 Å². The highest BCUT2D eigenvalue weighted by atomic mass is 35.5. The van der Waals surface area contributed by atoms with Crippen molar-refractivity contribution in [2.45, 2.75) is 50.7 Å². The van der Waals surface area contributed by atoms with E-state index in [-0.39, 0.29) is 11.9 Å². The van der Waals surface area contributed by atoms with Crippen molar-refractivity contribution in [3.63, 3.8) is 0 Å². The summed E-state index contributed by atoms with van der Waals surface area (Å²) in [6, 6.07) is 4.43. The average Bonchev–Trinajstić information content (AvgIpc) is 2.42. The summed E-state index contributed by atoms with van der Waals surface area (Å²) in [4.78, 5) is 0. The highest BCUT2D eigenvalue weighted by Crippen LogP contribution is 2.21. The first kappa shape index (κ1) is 14.8. The van der Waals surface area contributed by atoms with Crippen LogP contribution in [0.3, 0.4) is 0 Å². The van der Waals surface area contributed by atoms with Crippen LogP contribution in [0, 0.1) is 5.82 Å². The Balaban J connectivity index is 1.80. The molecule has 19 heavy (non-hydrogen) atoms. The summed E-state index contributed by atoms with van der Waals surface area (Å²) in [6.45, 7) is 0.871. The van der Waals surface area contributed by atoms with Crippen molar-refractivity contribution < 1.29 is 9.13 Å². The standard InChI is InChI=1S/C15H21ClFNO/c16-15-7-4-12(17)9-11(15)10-13(18)5-6-14-3-1-2-8-19-14/h4,7,9,13-14H,1-3,5-6,8,10,18H2. The van der Waals surface area contributed by atoms with Crippen LogP contribution in [0.2, 0.25) is 5.02 Å². The van der Waals surface area contributed by atoms with Crippen molar-refractivity contribution >= 4 is 11.6 Å². The van der Waals surface area contributed by atoms with Crippen molar-refractivity contribution in [1.82, 2.24) is 0 Å². The van der Waals surface area contributed by atoms with Crippen LogP contribution in [0.25, 0.3) is 0 Å². The maximum Gasteiger partial charge on any atom is 0.123 e. The van der Waals surface area contributed by atoms with Gasteiger partial charge >= 0.3 is 0 Å². The minimum Gasteiger partial charge on any atom is -0.378 e. The maximum atomic E-state index is 13.2. The van der Waals surface area contributed by atoms with Crippen molar-refractivity contribution in [3.05, 3.63) is 34.6 Å². The number of hydrogen-bond acceptors (Lipinski definition) is 2. The van der Waals surface area contributed by atoms with Gasteiger partial charge in [0.25, 0.3) is 0 Å². The second-order valence-electron chi connectivity index (χ2n) is 5.27. The second-order valence-corrected chi connectivity index (χ2v) is 5.67. The molecule has 0 bridgehead atoms. The van der Waals surface area contributed by atoms with Gasteiger partial charge < -0.3 is 10.5 Å². The number of ether oxygens (including phenoxy) is 1. The quantitative estimate of drug-likeness (QED) is 0.895. The lowest BCUT2D eigenvalue weighted by Crippen LogP contribution is -2.27. The molecule has 0 aromatic heterocycles. The maximum absolute atomic E-state index is 13.2. The fourth-order valence-electron chi connectivity index (χ4n) is 2.52. The van der Waals surface area contributed by atoms with Gasteiger partial charge in [0.2, 0.25) is 0 Å². The molecule has 0 saturated carbocycles. The second kappa shape index (κ2) is 7.22. The molecule has 0 spiro atoms. The van der Waals surface area contributed by atoms with E-state index in [2.05, 4.69) is 0 Å². The molecule has 2 N–H and O–H groups in total. The molecule has 1 heterocycles. The Morgan fingerprint density at radius 2 is 2.26 bits per heavy atom. The van der Waals surface area contributed by atoms with Crippen LogP contribution in [0.4, 0.5) is 4.39 Å². The van der Waals surface area contributed by atoms with Gasteiger partial charge in [-0.2, -0.15) is 0 Å². The predicted octanol–water partition coefficient (Wildman–Crippen LogP) is 3.70. The minimum absolute atomic E-state index is 0.00447. The molecule has 2 atom stereocenters. The molecule has 1 saturated heterocycles. The summed E-state index contributed by atoms with van der Waals surface area (Å²) in [5, 5.41) is 0.589. The van der Waals surface area contributed by atoms with Gasteiger partial charge in [0.1, 0.15) is 5.82 Å². The molecule has 1 aliphatic rings. The predicted molar refractivity (Wildman–Crippen MR) is 75.9 cm³/mol. The van der Waals surface area contributed by atoms with Crippen molar-refractivity contribution in [3.8, 4) is 0 Å². The van der Waals surface area contributed by atoms with Crippen LogP contribution < -0.4 is 5.73 Å². The van der Waals surface area contributed by atoms with Crippen molar-refractivity contribution in [2.24, 2.45) is 5.73 Å². The molecule has 1 aromatic carbocycles. The van der Waals surface area contributed by atoms with Crippen LogP contribution in [-0.2, 0) is 11.2 Å². The highest BCUT2D eigenvalue weighted by Gasteiger charge is 2.16. The van der Waals surface area contributed by atoms with Gasteiger partial charge in [-0.05, 0) is 62.3 Å². The van der Waals surface area contributed by atoms with Gasteiger partial charge in [-0.1, -0.05) is 11.6 Å². The Morgan fingerprint density at radius 3 is 3.00 bits per heavy atom. The van der Waals surface area contributed by atoms with Gasteiger partial charge in [0.15, 0.2) is 0 Å². The Kier molecular flexibility index (Phi) is 5.61. The lowest BCUT2D eigenvalue weighted by atomic mass is 9.98. The third kappa shape index (κ3) is 4.75. The number of rotatable bonds is 5. The molecule has 4 heteroatoms. The van der Waals surface area contributed by atoms with Crippen LogP contribution in [0.5, 0.6) is 0 Å². The van der Waals surface area contributed by atoms with E-state index in [0.29, 0.717) is 17.5 Å². The summed E-state index contributed by atoms with van der Waals surface area (Å²) >= 11 is 6.04. The largest absolute Gasteiger partial charge is 0.378 e. The smallest absolute Gasteiger partial charge is 0.123 e. The molecule has 1 aromatic rings. The Hall–Kier alpha value is -0.640. The van der Waals surface area contributed by atoms with Gasteiger partial charge in [-0.25, -0.2) is 4.39 Å². The monoisotopic (exact) mass is 285 g/mol. The molecule has 1 aliphatic heterocycles. The fraction of sp³-hybridized carbons (Fsp3) is 0.600.